The molecule has 0 saturated carbocycles. The van der Waals surface area contributed by atoms with Crippen LogP contribution in [0, 0.1) is 5.92 Å². The molecule has 0 aliphatic carbocycles. The molecule has 20 heavy (non-hydrogen) atoms. The van der Waals surface area contributed by atoms with Crippen LogP contribution in [0.2, 0.25) is 0 Å². The van der Waals surface area contributed by atoms with Gasteiger partial charge in [0.05, 0.1) is 11.7 Å². The maximum atomic E-state index is 12.1. The van der Waals surface area contributed by atoms with Crippen molar-refractivity contribution in [2.75, 3.05) is 18.8 Å². The van der Waals surface area contributed by atoms with Gasteiger partial charge in [-0.05, 0) is 18.1 Å². The van der Waals surface area contributed by atoms with Gasteiger partial charge in [0.2, 0.25) is 10.0 Å². The Kier molecular flexibility index (Phi) is 4.39. The first-order valence-corrected chi connectivity index (χ1v) is 8.17. The summed E-state index contributed by atoms with van der Waals surface area (Å²) in [4.78, 5) is 15.4. The van der Waals surface area contributed by atoms with Gasteiger partial charge >= 0.3 is 5.97 Å². The third kappa shape index (κ3) is 2.99. The summed E-state index contributed by atoms with van der Waals surface area (Å²) >= 11 is 0. The van der Waals surface area contributed by atoms with E-state index in [9.17, 15) is 18.3 Å². The van der Waals surface area contributed by atoms with Crippen LogP contribution in [0.1, 0.15) is 24.8 Å². The molecule has 0 unspecified atom stereocenters. The molecular formula is C13H18N2O4S. The number of nitrogens with zero attached hydrogens (tertiary/aromatic N) is 2. The van der Waals surface area contributed by atoms with E-state index in [0.29, 0.717) is 6.42 Å². The van der Waals surface area contributed by atoms with E-state index in [4.69, 9.17) is 0 Å². The molecule has 110 valence electrons. The molecule has 1 fully saturated rings. The van der Waals surface area contributed by atoms with E-state index in [1.165, 1.54) is 4.31 Å². The summed E-state index contributed by atoms with van der Waals surface area (Å²) in [5, 5.41) is 9.32. The molecule has 0 spiro atoms. The molecule has 0 aromatic carbocycles. The maximum Gasteiger partial charge on any atom is 0.308 e. The SMILES string of the molecule is CCCS(=O)(=O)N1C[C@@H](C(=O)O)[C@H](c2cccnc2)C1. The lowest BCUT2D eigenvalue weighted by molar-refractivity contribution is -0.141. The van der Waals surface area contributed by atoms with Gasteiger partial charge in [-0.1, -0.05) is 13.0 Å². The lowest BCUT2D eigenvalue weighted by Gasteiger charge is -2.15. The van der Waals surface area contributed by atoms with Gasteiger partial charge < -0.3 is 5.11 Å². The fraction of sp³-hybridized carbons (Fsp3) is 0.538. The second-order valence-electron chi connectivity index (χ2n) is 4.97. The molecule has 1 aliphatic heterocycles. The van der Waals surface area contributed by atoms with Gasteiger partial charge in [0.1, 0.15) is 0 Å². The van der Waals surface area contributed by atoms with Crippen molar-refractivity contribution in [3.05, 3.63) is 30.1 Å². The van der Waals surface area contributed by atoms with Gasteiger partial charge in [-0.15, -0.1) is 0 Å². The van der Waals surface area contributed by atoms with Gasteiger partial charge in [-0.25, -0.2) is 12.7 Å². The number of sulfonamides is 1. The number of pyridine rings is 1. The Morgan fingerprint density at radius 1 is 1.50 bits per heavy atom. The number of hydrogen-bond acceptors (Lipinski definition) is 4. The number of hydrogen-bond donors (Lipinski definition) is 1. The normalized spacial score (nSPS) is 23.9. The summed E-state index contributed by atoms with van der Waals surface area (Å²) in [5.74, 6) is -1.97. The average molecular weight is 298 g/mol. The van der Waals surface area contributed by atoms with Crippen molar-refractivity contribution in [2.24, 2.45) is 5.92 Å². The van der Waals surface area contributed by atoms with Crippen molar-refractivity contribution in [2.45, 2.75) is 19.3 Å². The first-order chi connectivity index (χ1) is 9.45. The summed E-state index contributed by atoms with van der Waals surface area (Å²) in [7, 11) is -3.37. The minimum atomic E-state index is -3.37. The van der Waals surface area contributed by atoms with Crippen LogP contribution in [0.4, 0.5) is 0 Å². The van der Waals surface area contributed by atoms with Crippen LogP contribution < -0.4 is 0 Å². The summed E-state index contributed by atoms with van der Waals surface area (Å²) in [6.45, 7) is 2.04. The Morgan fingerprint density at radius 2 is 2.25 bits per heavy atom. The largest absolute Gasteiger partial charge is 0.481 e. The summed E-state index contributed by atoms with van der Waals surface area (Å²) < 4.78 is 25.5. The van der Waals surface area contributed by atoms with E-state index in [1.807, 2.05) is 0 Å². The molecule has 1 aliphatic rings. The zero-order chi connectivity index (χ0) is 14.8. The average Bonchev–Trinajstić information content (AvgIpc) is 2.85. The quantitative estimate of drug-likeness (QED) is 0.873. The van der Waals surface area contributed by atoms with Crippen molar-refractivity contribution < 1.29 is 18.3 Å². The van der Waals surface area contributed by atoms with Crippen molar-refractivity contribution in [3.8, 4) is 0 Å². The Bertz CT molecular complexity index is 573. The molecule has 1 saturated heterocycles. The summed E-state index contributed by atoms with van der Waals surface area (Å²) in [6.07, 6.45) is 3.74. The third-order valence-corrected chi connectivity index (χ3v) is 5.58. The molecule has 0 radical (unpaired) electrons. The van der Waals surface area contributed by atoms with Gasteiger partial charge in [-0.3, -0.25) is 9.78 Å². The smallest absolute Gasteiger partial charge is 0.308 e. The number of carbonyl (C=O) groups is 1. The Morgan fingerprint density at radius 3 is 2.80 bits per heavy atom. The van der Waals surface area contributed by atoms with Crippen molar-refractivity contribution >= 4 is 16.0 Å². The second-order valence-corrected chi connectivity index (χ2v) is 7.06. The lowest BCUT2D eigenvalue weighted by atomic mass is 9.90. The van der Waals surface area contributed by atoms with E-state index in [2.05, 4.69) is 4.98 Å². The molecule has 1 N–H and O–H groups in total. The minimum Gasteiger partial charge on any atom is -0.481 e. The van der Waals surface area contributed by atoms with Gasteiger partial charge in [0, 0.05) is 31.4 Å². The number of carboxylic acids is 1. The molecule has 1 aromatic heterocycles. The number of rotatable bonds is 5. The van der Waals surface area contributed by atoms with Gasteiger partial charge in [-0.2, -0.15) is 0 Å². The van der Waals surface area contributed by atoms with Crippen LogP contribution in [0.25, 0.3) is 0 Å². The molecule has 2 rings (SSSR count). The van der Waals surface area contributed by atoms with Gasteiger partial charge in [0.15, 0.2) is 0 Å². The predicted octanol–water partition coefficient (Wildman–Crippen LogP) is 0.921. The van der Waals surface area contributed by atoms with Crippen molar-refractivity contribution in [1.82, 2.24) is 9.29 Å². The van der Waals surface area contributed by atoms with Crippen LogP contribution in [0.5, 0.6) is 0 Å². The molecular weight excluding hydrogens is 280 g/mol. The van der Waals surface area contributed by atoms with Crippen LogP contribution in [0.15, 0.2) is 24.5 Å². The zero-order valence-electron chi connectivity index (χ0n) is 11.3. The highest BCUT2D eigenvalue weighted by Crippen LogP contribution is 2.34. The molecule has 0 amide bonds. The first-order valence-electron chi connectivity index (χ1n) is 6.56. The Labute approximate surface area is 118 Å². The zero-order valence-corrected chi connectivity index (χ0v) is 12.1. The summed E-state index contributed by atoms with van der Waals surface area (Å²) in [6, 6.07) is 3.53. The molecule has 7 heteroatoms. The fourth-order valence-corrected chi connectivity index (χ4v) is 4.11. The highest BCUT2D eigenvalue weighted by atomic mass is 32.2. The van der Waals surface area contributed by atoms with Crippen LogP contribution in [0.3, 0.4) is 0 Å². The second kappa shape index (κ2) is 5.88. The van der Waals surface area contributed by atoms with Crippen molar-refractivity contribution in [1.29, 1.82) is 0 Å². The van der Waals surface area contributed by atoms with Crippen molar-refractivity contribution in [3.63, 3.8) is 0 Å². The van der Waals surface area contributed by atoms with E-state index in [1.54, 1.807) is 31.5 Å². The van der Waals surface area contributed by atoms with E-state index < -0.39 is 21.9 Å². The highest BCUT2D eigenvalue weighted by molar-refractivity contribution is 7.89. The van der Waals surface area contributed by atoms with E-state index in [0.717, 1.165) is 5.56 Å². The van der Waals surface area contributed by atoms with E-state index in [-0.39, 0.29) is 24.8 Å². The number of aromatic nitrogens is 1. The monoisotopic (exact) mass is 298 g/mol. The molecule has 2 atom stereocenters. The number of carboxylic acid groups (broad SMARTS) is 1. The van der Waals surface area contributed by atoms with E-state index >= 15 is 0 Å². The molecule has 2 heterocycles. The lowest BCUT2D eigenvalue weighted by Crippen LogP contribution is -2.31. The molecule has 0 bridgehead atoms. The molecule has 1 aromatic rings. The number of aliphatic carboxylic acids is 1. The third-order valence-electron chi connectivity index (χ3n) is 3.57. The Hall–Kier alpha value is -1.47. The van der Waals surface area contributed by atoms with Crippen LogP contribution in [-0.4, -0.2) is 47.6 Å². The highest BCUT2D eigenvalue weighted by Gasteiger charge is 2.42. The summed E-state index contributed by atoms with van der Waals surface area (Å²) in [5.41, 5.74) is 0.772. The minimum absolute atomic E-state index is 0.0389. The van der Waals surface area contributed by atoms with Crippen LogP contribution in [-0.2, 0) is 14.8 Å². The van der Waals surface area contributed by atoms with Gasteiger partial charge in [0.25, 0.3) is 0 Å². The fourth-order valence-electron chi connectivity index (χ4n) is 2.57. The molecule has 6 nitrogen and oxygen atoms in total. The first kappa shape index (κ1) is 14.9. The standard InChI is InChI=1S/C13H18N2O4S/c1-2-6-20(18,19)15-8-11(12(9-15)13(16)17)10-4-3-5-14-7-10/h3-5,7,11-12H,2,6,8-9H2,1H3,(H,16,17)/t11-,12+/m0/s1. The predicted molar refractivity (Wildman–Crippen MR) is 73.8 cm³/mol. The van der Waals surface area contributed by atoms with Crippen LogP contribution >= 0.6 is 0 Å². The Balaban J connectivity index is 2.27. The topological polar surface area (TPSA) is 87.6 Å². The maximum absolute atomic E-state index is 12.1.